The van der Waals surface area contributed by atoms with Crippen molar-refractivity contribution in [3.63, 3.8) is 0 Å². The van der Waals surface area contributed by atoms with Crippen LogP contribution in [0.25, 0.3) is 0 Å². The summed E-state index contributed by atoms with van der Waals surface area (Å²) in [7, 11) is 0. The molecule has 0 aliphatic carbocycles. The average Bonchev–Trinajstić information content (AvgIpc) is 2.79. The van der Waals surface area contributed by atoms with Crippen molar-refractivity contribution < 1.29 is 9.90 Å². The molecule has 1 aliphatic rings. The molecule has 0 radical (unpaired) electrons. The number of hydrogen-bond donors (Lipinski definition) is 1. The lowest BCUT2D eigenvalue weighted by atomic mass is 9.78. The van der Waals surface area contributed by atoms with Gasteiger partial charge in [-0.1, -0.05) is 31.6 Å². The number of carboxylic acid groups (broad SMARTS) is 1. The minimum absolute atomic E-state index is 0.323. The van der Waals surface area contributed by atoms with Crippen LogP contribution in [0.15, 0.2) is 6.20 Å². The Morgan fingerprint density at radius 2 is 2.24 bits per heavy atom. The number of aromatic carboxylic acids is 1. The van der Waals surface area contributed by atoms with Crippen LogP contribution in [0.1, 0.15) is 42.8 Å². The number of piperidine rings is 1. The Morgan fingerprint density at radius 1 is 1.59 bits per heavy atom. The first-order valence-corrected chi connectivity index (χ1v) is 6.80. The second-order valence-electron chi connectivity index (χ2n) is 4.96. The predicted octanol–water partition coefficient (Wildman–Crippen LogP) is 2.86. The fraction of sp³-hybridized carbons (Fsp3) is 0.667. The summed E-state index contributed by atoms with van der Waals surface area (Å²) >= 11 is 1.27. The number of anilines is 1. The van der Waals surface area contributed by atoms with Gasteiger partial charge in [0.05, 0.1) is 6.20 Å². The van der Waals surface area contributed by atoms with Crippen LogP contribution < -0.4 is 4.90 Å². The first kappa shape index (κ1) is 12.4. The summed E-state index contributed by atoms with van der Waals surface area (Å²) < 4.78 is 0. The van der Waals surface area contributed by atoms with E-state index in [-0.39, 0.29) is 0 Å². The monoisotopic (exact) mass is 254 g/mol. The molecule has 1 fully saturated rings. The Balaban J connectivity index is 2.03. The van der Waals surface area contributed by atoms with Crippen LogP contribution in [0, 0.1) is 5.41 Å². The molecular formula is C12H18N2O2S. The van der Waals surface area contributed by atoms with Crippen molar-refractivity contribution in [3.8, 4) is 0 Å². The summed E-state index contributed by atoms with van der Waals surface area (Å²) in [5.74, 6) is -0.885. The highest BCUT2D eigenvalue weighted by atomic mass is 32.1. The van der Waals surface area contributed by atoms with E-state index in [1.165, 1.54) is 24.0 Å². The Kier molecular flexibility index (Phi) is 3.38. The molecular weight excluding hydrogens is 236 g/mol. The van der Waals surface area contributed by atoms with Gasteiger partial charge in [0, 0.05) is 13.1 Å². The lowest BCUT2D eigenvalue weighted by molar-refractivity contribution is 0.0702. The van der Waals surface area contributed by atoms with E-state index in [9.17, 15) is 4.79 Å². The van der Waals surface area contributed by atoms with E-state index in [4.69, 9.17) is 5.11 Å². The Labute approximate surface area is 105 Å². The Morgan fingerprint density at radius 3 is 2.71 bits per heavy atom. The normalized spacial score (nSPS) is 19.3. The molecule has 5 heteroatoms. The van der Waals surface area contributed by atoms with Gasteiger partial charge in [-0.25, -0.2) is 9.78 Å². The maximum absolute atomic E-state index is 10.8. The fourth-order valence-electron chi connectivity index (χ4n) is 2.10. The van der Waals surface area contributed by atoms with Crippen molar-refractivity contribution in [1.82, 2.24) is 4.98 Å². The van der Waals surface area contributed by atoms with E-state index in [0.29, 0.717) is 10.3 Å². The number of carbonyl (C=O) groups is 1. The molecule has 0 unspecified atom stereocenters. The quantitative estimate of drug-likeness (QED) is 0.901. The molecule has 1 aromatic heterocycles. The summed E-state index contributed by atoms with van der Waals surface area (Å²) in [6, 6.07) is 0. The number of rotatable bonds is 3. The van der Waals surface area contributed by atoms with E-state index in [2.05, 4.69) is 23.7 Å². The second-order valence-corrected chi connectivity index (χ2v) is 5.97. The van der Waals surface area contributed by atoms with Crippen molar-refractivity contribution in [2.45, 2.75) is 33.1 Å². The van der Waals surface area contributed by atoms with Gasteiger partial charge in [-0.3, -0.25) is 0 Å². The molecule has 1 aromatic rings. The van der Waals surface area contributed by atoms with E-state index in [1.54, 1.807) is 0 Å². The highest BCUT2D eigenvalue weighted by Crippen LogP contribution is 2.36. The molecule has 0 spiro atoms. The Bertz CT molecular complexity index is 408. The summed E-state index contributed by atoms with van der Waals surface area (Å²) in [6.45, 7) is 6.53. The lowest BCUT2D eigenvalue weighted by Gasteiger charge is -2.38. The van der Waals surface area contributed by atoms with Crippen molar-refractivity contribution in [3.05, 3.63) is 11.1 Å². The standard InChI is InChI=1S/C12H18N2O2S/c1-3-12(2)4-6-14(7-5-12)11-13-8-9(17-11)10(15)16/h8H,3-7H2,1-2H3,(H,15,16). The lowest BCUT2D eigenvalue weighted by Crippen LogP contribution is -2.38. The fourth-order valence-corrected chi connectivity index (χ4v) is 2.91. The smallest absolute Gasteiger partial charge is 0.347 e. The molecule has 4 nitrogen and oxygen atoms in total. The van der Waals surface area contributed by atoms with E-state index in [1.807, 2.05) is 0 Å². The summed E-state index contributed by atoms with van der Waals surface area (Å²) in [5.41, 5.74) is 0.448. The first-order chi connectivity index (χ1) is 8.04. The number of aromatic nitrogens is 1. The van der Waals surface area contributed by atoms with Gasteiger partial charge in [-0.15, -0.1) is 0 Å². The highest BCUT2D eigenvalue weighted by molar-refractivity contribution is 7.17. The largest absolute Gasteiger partial charge is 0.477 e. The molecule has 0 aromatic carbocycles. The average molecular weight is 254 g/mol. The Hall–Kier alpha value is -1.10. The zero-order valence-electron chi connectivity index (χ0n) is 10.3. The van der Waals surface area contributed by atoms with E-state index < -0.39 is 5.97 Å². The molecule has 94 valence electrons. The van der Waals surface area contributed by atoms with Crippen LogP contribution in [0.2, 0.25) is 0 Å². The maximum Gasteiger partial charge on any atom is 0.347 e. The molecule has 0 saturated carbocycles. The molecule has 0 atom stereocenters. The third-order valence-corrected chi connectivity index (χ3v) is 4.85. The zero-order chi connectivity index (χ0) is 12.5. The number of carboxylic acids is 1. The van der Waals surface area contributed by atoms with Gasteiger partial charge in [-0.2, -0.15) is 0 Å². The highest BCUT2D eigenvalue weighted by Gasteiger charge is 2.29. The molecule has 2 heterocycles. The first-order valence-electron chi connectivity index (χ1n) is 5.98. The molecule has 1 aliphatic heterocycles. The summed E-state index contributed by atoms with van der Waals surface area (Å²) in [5, 5.41) is 9.72. The van der Waals surface area contributed by atoms with Gasteiger partial charge in [0.25, 0.3) is 0 Å². The van der Waals surface area contributed by atoms with Crippen LogP contribution in [0.5, 0.6) is 0 Å². The molecule has 0 amide bonds. The number of hydrogen-bond acceptors (Lipinski definition) is 4. The van der Waals surface area contributed by atoms with Crippen molar-refractivity contribution in [2.75, 3.05) is 18.0 Å². The van der Waals surface area contributed by atoms with Gasteiger partial charge in [-0.05, 0) is 18.3 Å². The van der Waals surface area contributed by atoms with Crippen LogP contribution in [0.4, 0.5) is 5.13 Å². The van der Waals surface area contributed by atoms with Gasteiger partial charge >= 0.3 is 5.97 Å². The molecule has 2 rings (SSSR count). The summed E-state index contributed by atoms with van der Waals surface area (Å²) in [6.07, 6.45) is 4.98. The SMILES string of the molecule is CCC1(C)CCN(c2ncc(C(=O)O)s2)CC1. The topological polar surface area (TPSA) is 53.4 Å². The molecule has 1 saturated heterocycles. The van der Waals surface area contributed by atoms with Crippen LogP contribution in [-0.2, 0) is 0 Å². The minimum atomic E-state index is -0.885. The molecule has 1 N–H and O–H groups in total. The van der Waals surface area contributed by atoms with E-state index in [0.717, 1.165) is 31.1 Å². The van der Waals surface area contributed by atoms with Gasteiger partial charge in [0.15, 0.2) is 5.13 Å². The van der Waals surface area contributed by atoms with Gasteiger partial charge in [0.1, 0.15) is 4.88 Å². The van der Waals surface area contributed by atoms with Crippen molar-refractivity contribution >= 4 is 22.4 Å². The van der Waals surface area contributed by atoms with Crippen molar-refractivity contribution in [1.29, 1.82) is 0 Å². The molecule has 17 heavy (non-hydrogen) atoms. The minimum Gasteiger partial charge on any atom is -0.477 e. The third kappa shape index (κ3) is 2.60. The zero-order valence-corrected chi connectivity index (χ0v) is 11.1. The number of nitrogens with zero attached hydrogens (tertiary/aromatic N) is 2. The van der Waals surface area contributed by atoms with Crippen LogP contribution in [-0.4, -0.2) is 29.1 Å². The maximum atomic E-state index is 10.8. The third-order valence-electron chi connectivity index (χ3n) is 3.80. The van der Waals surface area contributed by atoms with Gasteiger partial charge < -0.3 is 10.0 Å². The van der Waals surface area contributed by atoms with Crippen LogP contribution in [0.3, 0.4) is 0 Å². The second kappa shape index (κ2) is 4.64. The molecule has 0 bridgehead atoms. The van der Waals surface area contributed by atoms with Crippen LogP contribution >= 0.6 is 11.3 Å². The summed E-state index contributed by atoms with van der Waals surface area (Å²) in [4.78, 5) is 17.5. The predicted molar refractivity (Wildman–Crippen MR) is 68.9 cm³/mol. The van der Waals surface area contributed by atoms with Gasteiger partial charge in [0.2, 0.25) is 0 Å². The number of thiazole rings is 1. The van der Waals surface area contributed by atoms with Crippen molar-refractivity contribution in [2.24, 2.45) is 5.41 Å². The van der Waals surface area contributed by atoms with E-state index >= 15 is 0 Å².